The first-order valence-corrected chi connectivity index (χ1v) is 9.78. The Morgan fingerprint density at radius 2 is 1.74 bits per heavy atom. The van der Waals surface area contributed by atoms with Crippen molar-refractivity contribution < 1.29 is 32.6 Å². The van der Waals surface area contributed by atoms with Crippen LogP contribution in [0.5, 0.6) is 5.75 Å². The van der Waals surface area contributed by atoms with Gasteiger partial charge in [0.25, 0.3) is 11.8 Å². The maximum Gasteiger partial charge on any atom is 0.387 e. The molecule has 0 aliphatic carbocycles. The summed E-state index contributed by atoms with van der Waals surface area (Å²) in [5.74, 6) is -2.55. The van der Waals surface area contributed by atoms with Gasteiger partial charge in [-0.05, 0) is 31.2 Å². The molecule has 1 aromatic heterocycles. The fraction of sp³-hybridized carbons (Fsp3) is 0.143. The lowest BCUT2D eigenvalue weighted by Crippen LogP contribution is -2.34. The van der Waals surface area contributed by atoms with E-state index in [0.717, 1.165) is 11.1 Å². The summed E-state index contributed by atoms with van der Waals surface area (Å²) in [5.41, 5.74) is 2.04. The zero-order valence-electron chi connectivity index (χ0n) is 16.1. The monoisotopic (exact) mass is 446 g/mol. The van der Waals surface area contributed by atoms with E-state index in [4.69, 9.17) is 4.74 Å². The highest BCUT2D eigenvalue weighted by molar-refractivity contribution is 7.13. The van der Waals surface area contributed by atoms with Crippen LogP contribution in [0.2, 0.25) is 0 Å². The number of carbonyl (C=O) groups excluding carboxylic acids is 3. The lowest BCUT2D eigenvalue weighted by Gasteiger charge is -2.07. The van der Waals surface area contributed by atoms with Crippen LogP contribution in [0.4, 0.5) is 8.78 Å². The van der Waals surface area contributed by atoms with Crippen molar-refractivity contribution in [2.24, 2.45) is 0 Å². The number of ether oxygens (including phenoxy) is 2. The van der Waals surface area contributed by atoms with Crippen molar-refractivity contribution in [1.29, 1.82) is 0 Å². The van der Waals surface area contributed by atoms with Gasteiger partial charge in [0.15, 0.2) is 12.3 Å². The van der Waals surface area contributed by atoms with E-state index in [1.165, 1.54) is 41.0 Å². The van der Waals surface area contributed by atoms with Crippen LogP contribution >= 0.6 is 11.3 Å². The van der Waals surface area contributed by atoms with E-state index in [9.17, 15) is 23.2 Å². The molecule has 0 atom stereocenters. The largest absolute Gasteiger partial charge is 0.451 e. The van der Waals surface area contributed by atoms with Crippen molar-refractivity contribution in [2.45, 2.75) is 13.5 Å². The van der Waals surface area contributed by atoms with Crippen molar-refractivity contribution in [3.63, 3.8) is 0 Å². The zero-order chi connectivity index (χ0) is 22.4. The number of aryl methyl sites for hydroxylation is 1. The molecule has 2 amide bonds. The number of hydrogen-bond acceptors (Lipinski definition) is 7. The highest BCUT2D eigenvalue weighted by atomic mass is 32.1. The summed E-state index contributed by atoms with van der Waals surface area (Å²) < 4.78 is 33.3. The molecule has 0 aliphatic rings. The minimum Gasteiger partial charge on any atom is -0.451 e. The van der Waals surface area contributed by atoms with E-state index in [-0.39, 0.29) is 17.0 Å². The molecule has 1 heterocycles. The van der Waals surface area contributed by atoms with Crippen molar-refractivity contribution in [3.05, 3.63) is 70.7 Å². The zero-order valence-corrected chi connectivity index (χ0v) is 16.9. The van der Waals surface area contributed by atoms with Crippen molar-refractivity contribution in [3.8, 4) is 16.3 Å². The van der Waals surface area contributed by atoms with E-state index >= 15 is 0 Å². The molecule has 2 aromatic carbocycles. The molecule has 0 saturated carbocycles. The lowest BCUT2D eigenvalue weighted by atomic mass is 10.2. The molecule has 3 aromatic rings. The fourth-order valence-electron chi connectivity index (χ4n) is 2.42. The molecule has 7 nitrogen and oxygen atoms in total. The van der Waals surface area contributed by atoms with Gasteiger partial charge < -0.3 is 9.47 Å². The number of rotatable bonds is 7. The Labute approximate surface area is 179 Å². The molecule has 31 heavy (non-hydrogen) atoms. The third-order valence-corrected chi connectivity index (χ3v) is 4.83. The van der Waals surface area contributed by atoms with Gasteiger partial charge in [-0.2, -0.15) is 8.78 Å². The van der Waals surface area contributed by atoms with Crippen molar-refractivity contribution in [2.75, 3.05) is 6.61 Å². The molecule has 3 rings (SSSR count). The van der Waals surface area contributed by atoms with Gasteiger partial charge in [0.2, 0.25) is 0 Å². The number of nitrogens with one attached hydrogen (secondary N) is 1. The summed E-state index contributed by atoms with van der Waals surface area (Å²) in [5, 5.41) is 4.19. The molecule has 10 heteroatoms. The summed E-state index contributed by atoms with van der Waals surface area (Å²) in [6.45, 7) is -1.71. The molecule has 0 saturated heterocycles. The third kappa shape index (κ3) is 6.16. The molecule has 160 valence electrons. The first kappa shape index (κ1) is 22.0. The number of hydrogen-bond donors (Lipinski definition) is 1. The Morgan fingerprint density at radius 1 is 1.06 bits per heavy atom. The first-order chi connectivity index (χ1) is 14.8. The predicted molar refractivity (Wildman–Crippen MR) is 108 cm³/mol. The second kappa shape index (κ2) is 9.90. The third-order valence-electron chi connectivity index (χ3n) is 3.94. The number of halogens is 2. The minimum atomic E-state index is -2.98. The van der Waals surface area contributed by atoms with Crippen molar-refractivity contribution >= 4 is 29.1 Å². The Balaban J connectivity index is 1.50. The molecular formula is C21H16F2N2O5S. The number of benzene rings is 2. The van der Waals surface area contributed by atoms with E-state index in [2.05, 4.69) is 9.72 Å². The van der Waals surface area contributed by atoms with Crippen LogP contribution in [0.15, 0.2) is 53.9 Å². The number of amides is 2. The molecule has 0 fully saturated rings. The van der Waals surface area contributed by atoms with Gasteiger partial charge in [0.1, 0.15) is 10.8 Å². The minimum absolute atomic E-state index is 0.0449. The Hall–Kier alpha value is -3.66. The number of carbonyl (C=O) groups is 3. The molecular weight excluding hydrogens is 430 g/mol. The fourth-order valence-corrected chi connectivity index (χ4v) is 3.22. The summed E-state index contributed by atoms with van der Waals surface area (Å²) in [6, 6.07) is 12.4. The van der Waals surface area contributed by atoms with Crippen LogP contribution in [0, 0.1) is 6.92 Å². The van der Waals surface area contributed by atoms with Gasteiger partial charge in [0, 0.05) is 16.5 Å². The van der Waals surface area contributed by atoms with Gasteiger partial charge in [-0.15, -0.1) is 11.3 Å². The first-order valence-electron chi connectivity index (χ1n) is 8.90. The molecule has 0 radical (unpaired) electrons. The number of nitrogens with zero attached hydrogens (tertiary/aromatic N) is 1. The number of thiazole rings is 1. The molecule has 0 aliphatic heterocycles. The summed E-state index contributed by atoms with van der Waals surface area (Å²) in [4.78, 5) is 40.2. The van der Waals surface area contributed by atoms with Gasteiger partial charge in [0.05, 0.1) is 0 Å². The normalized spacial score (nSPS) is 10.6. The van der Waals surface area contributed by atoms with Gasteiger partial charge in [-0.1, -0.05) is 29.8 Å². The standard InChI is InChI=1S/C21H16F2N2O5S/c1-12-2-4-14(5-3-12)19-24-16(11-31-19)20(28)29-10-17(26)25-18(27)13-6-8-15(9-7-13)30-21(22)23/h2-9,11,21H,10H2,1H3,(H,25,26,27). The Bertz CT molecular complexity index is 1080. The van der Waals surface area contributed by atoms with Crippen LogP contribution < -0.4 is 10.1 Å². The van der Waals surface area contributed by atoms with E-state index in [0.29, 0.717) is 5.01 Å². The summed E-state index contributed by atoms with van der Waals surface area (Å²) >= 11 is 1.26. The predicted octanol–water partition coefficient (Wildman–Crippen LogP) is 3.83. The van der Waals surface area contributed by atoms with Crippen LogP contribution in [0.3, 0.4) is 0 Å². The number of esters is 1. The van der Waals surface area contributed by atoms with Crippen LogP contribution in [-0.2, 0) is 9.53 Å². The number of imide groups is 1. The quantitative estimate of drug-likeness (QED) is 0.555. The second-order valence-corrected chi connectivity index (χ2v) is 7.12. The van der Waals surface area contributed by atoms with Crippen molar-refractivity contribution in [1.82, 2.24) is 10.3 Å². The second-order valence-electron chi connectivity index (χ2n) is 6.26. The lowest BCUT2D eigenvalue weighted by molar-refractivity contribution is -0.123. The summed E-state index contributed by atoms with van der Waals surface area (Å²) in [6.07, 6.45) is 0. The molecule has 0 bridgehead atoms. The van der Waals surface area contributed by atoms with Gasteiger partial charge in [-0.25, -0.2) is 9.78 Å². The smallest absolute Gasteiger partial charge is 0.387 e. The number of alkyl halides is 2. The van der Waals surface area contributed by atoms with Gasteiger partial charge in [-0.3, -0.25) is 14.9 Å². The highest BCUT2D eigenvalue weighted by Crippen LogP contribution is 2.24. The highest BCUT2D eigenvalue weighted by Gasteiger charge is 2.17. The molecule has 0 spiro atoms. The van der Waals surface area contributed by atoms with E-state index < -0.39 is 31.0 Å². The Morgan fingerprint density at radius 3 is 2.39 bits per heavy atom. The molecule has 1 N–H and O–H groups in total. The van der Waals surface area contributed by atoms with E-state index in [1.807, 2.05) is 36.5 Å². The SMILES string of the molecule is Cc1ccc(-c2nc(C(=O)OCC(=O)NC(=O)c3ccc(OC(F)F)cc3)cs2)cc1. The average Bonchev–Trinajstić information content (AvgIpc) is 3.23. The maximum atomic E-state index is 12.1. The topological polar surface area (TPSA) is 94.6 Å². The summed E-state index contributed by atoms with van der Waals surface area (Å²) in [7, 11) is 0. The molecule has 0 unspecified atom stereocenters. The Kier molecular flexibility index (Phi) is 7.03. The number of aromatic nitrogens is 1. The van der Waals surface area contributed by atoms with E-state index in [1.54, 1.807) is 0 Å². The van der Waals surface area contributed by atoms with Gasteiger partial charge >= 0.3 is 12.6 Å². The van der Waals surface area contributed by atoms with Crippen LogP contribution in [-0.4, -0.2) is 36.0 Å². The average molecular weight is 446 g/mol. The van der Waals surface area contributed by atoms with Crippen LogP contribution in [0.1, 0.15) is 26.4 Å². The maximum absolute atomic E-state index is 12.1. The van der Waals surface area contributed by atoms with Crippen LogP contribution in [0.25, 0.3) is 10.6 Å².